The molecule has 0 radical (unpaired) electrons. The van der Waals surface area contributed by atoms with Crippen LogP contribution < -0.4 is 15.9 Å². The van der Waals surface area contributed by atoms with E-state index in [0.29, 0.717) is 11.7 Å². The second-order valence-corrected chi connectivity index (χ2v) is 18.5. The monoisotopic (exact) mass is 564 g/mol. The molecule has 1 heterocycles. The van der Waals surface area contributed by atoms with Crippen LogP contribution in [-0.2, 0) is 0 Å². The van der Waals surface area contributed by atoms with Crippen molar-refractivity contribution in [2.24, 2.45) is 0 Å². The summed E-state index contributed by atoms with van der Waals surface area (Å²) in [4.78, 5) is 16.2. The molecule has 0 unspecified atom stereocenters. The third kappa shape index (κ3) is 7.65. The minimum Gasteiger partial charge on any atom is -0.333 e. The third-order valence-electron chi connectivity index (χ3n) is 9.08. The predicted octanol–water partition coefficient (Wildman–Crippen LogP) is 8.22. The molecule has 39 heavy (non-hydrogen) atoms. The Morgan fingerprint density at radius 2 is 1.26 bits per heavy atom. The molecule has 3 nitrogen and oxygen atoms in total. The van der Waals surface area contributed by atoms with Gasteiger partial charge in [0.1, 0.15) is 0 Å². The summed E-state index contributed by atoms with van der Waals surface area (Å²) in [5, 5.41) is 6.23. The van der Waals surface area contributed by atoms with Gasteiger partial charge in [-0.15, -0.1) is 0 Å². The summed E-state index contributed by atoms with van der Waals surface area (Å²) in [5.74, 6) is 0. The molecule has 1 aliphatic heterocycles. The SMILES string of the molecule is CC(C)(C)NC(=O)N1C[C@H](P(C2CCCCC2)C2CCCCC2)C[C@@H]1CP(c1ccccc1)c1ccccc1. The summed E-state index contributed by atoms with van der Waals surface area (Å²) in [6, 6.07) is 22.7. The van der Waals surface area contributed by atoms with Crippen LogP contribution in [0.5, 0.6) is 0 Å². The van der Waals surface area contributed by atoms with Crippen LogP contribution in [0.3, 0.4) is 0 Å². The lowest BCUT2D eigenvalue weighted by Crippen LogP contribution is -2.51. The number of hydrogen-bond acceptors (Lipinski definition) is 1. The predicted molar refractivity (Wildman–Crippen MR) is 172 cm³/mol. The highest BCUT2D eigenvalue weighted by molar-refractivity contribution is 7.73. The summed E-state index contributed by atoms with van der Waals surface area (Å²) in [6.45, 7) is 7.32. The van der Waals surface area contributed by atoms with Crippen molar-refractivity contribution < 1.29 is 4.79 Å². The smallest absolute Gasteiger partial charge is 0.318 e. The molecule has 3 fully saturated rings. The first-order chi connectivity index (χ1) is 18.9. The molecular weight excluding hydrogens is 514 g/mol. The van der Waals surface area contributed by atoms with Crippen LogP contribution in [0.25, 0.3) is 0 Å². The lowest BCUT2D eigenvalue weighted by molar-refractivity contribution is 0.187. The summed E-state index contributed by atoms with van der Waals surface area (Å²) in [5.41, 5.74) is 2.34. The van der Waals surface area contributed by atoms with Crippen molar-refractivity contribution in [3.05, 3.63) is 60.7 Å². The van der Waals surface area contributed by atoms with E-state index in [1.165, 1.54) is 81.2 Å². The van der Waals surface area contributed by atoms with Gasteiger partial charge in [-0.25, -0.2) is 4.79 Å². The number of amides is 2. The second kappa shape index (κ2) is 13.5. The van der Waals surface area contributed by atoms with Crippen LogP contribution in [0, 0.1) is 0 Å². The minimum absolute atomic E-state index is 0.0572. The zero-order chi connectivity index (χ0) is 27.2. The fraction of sp³-hybridized carbons (Fsp3) is 0.618. The zero-order valence-electron chi connectivity index (χ0n) is 24.5. The van der Waals surface area contributed by atoms with Gasteiger partial charge in [0.15, 0.2) is 0 Å². The molecule has 2 atom stereocenters. The molecule has 5 heteroatoms. The molecule has 2 aromatic rings. The average Bonchev–Trinajstić information content (AvgIpc) is 3.36. The molecule has 3 aliphatic rings. The van der Waals surface area contributed by atoms with E-state index < -0.39 is 7.92 Å². The number of urea groups is 1. The Bertz CT molecular complexity index is 971. The van der Waals surface area contributed by atoms with E-state index in [-0.39, 0.29) is 19.5 Å². The number of carbonyl (C=O) groups excluding carboxylic acids is 1. The van der Waals surface area contributed by atoms with E-state index in [4.69, 9.17) is 0 Å². The van der Waals surface area contributed by atoms with Gasteiger partial charge in [-0.1, -0.05) is 107 Å². The molecule has 0 spiro atoms. The van der Waals surface area contributed by atoms with Crippen LogP contribution >= 0.6 is 15.8 Å². The Balaban J connectivity index is 1.45. The average molecular weight is 565 g/mol. The highest BCUT2D eigenvalue weighted by atomic mass is 31.1. The molecule has 0 bridgehead atoms. The molecule has 2 aromatic carbocycles. The fourth-order valence-electron chi connectivity index (χ4n) is 7.36. The standard InChI is InChI=1S/C34H50N2OP2/c1-34(2,3)35-33(37)36-25-32(39(30-20-12-6-13-21-30)31-22-14-7-15-23-31)24-27(36)26-38(28-16-8-4-9-17-28)29-18-10-5-11-19-29/h4-5,8-11,16-19,27,30-32H,6-7,12-15,20-26H2,1-3H3,(H,35,37)/t27-,32-/m1/s1. The van der Waals surface area contributed by atoms with Crippen molar-refractivity contribution in [1.29, 1.82) is 0 Å². The number of nitrogens with zero attached hydrogens (tertiary/aromatic N) is 1. The fourth-order valence-corrected chi connectivity index (χ4v) is 14.5. The largest absolute Gasteiger partial charge is 0.333 e. The topological polar surface area (TPSA) is 32.3 Å². The molecule has 2 saturated carbocycles. The first-order valence-electron chi connectivity index (χ1n) is 15.6. The number of rotatable bonds is 7. The van der Waals surface area contributed by atoms with Crippen LogP contribution in [0.4, 0.5) is 4.79 Å². The summed E-state index contributed by atoms with van der Waals surface area (Å²) >= 11 is 0. The molecule has 1 N–H and O–H groups in total. The van der Waals surface area contributed by atoms with Gasteiger partial charge in [0.2, 0.25) is 0 Å². The maximum absolute atomic E-state index is 13.9. The molecule has 0 aromatic heterocycles. The van der Waals surface area contributed by atoms with Crippen molar-refractivity contribution in [1.82, 2.24) is 10.2 Å². The molecule has 2 amide bonds. The molecular formula is C34H50N2OP2. The van der Waals surface area contributed by atoms with Crippen molar-refractivity contribution in [3.8, 4) is 0 Å². The number of hydrogen-bond donors (Lipinski definition) is 1. The van der Waals surface area contributed by atoms with Crippen LogP contribution in [0.2, 0.25) is 0 Å². The van der Waals surface area contributed by atoms with Gasteiger partial charge in [0.05, 0.1) is 0 Å². The highest BCUT2D eigenvalue weighted by Crippen LogP contribution is 2.61. The van der Waals surface area contributed by atoms with E-state index in [1.54, 1.807) is 0 Å². The normalized spacial score (nSPS) is 23.5. The molecule has 5 rings (SSSR count). The van der Waals surface area contributed by atoms with Gasteiger partial charge >= 0.3 is 6.03 Å². The Kier molecular flexibility index (Phi) is 10.1. The number of likely N-dealkylation sites (tertiary alicyclic amines) is 1. The lowest BCUT2D eigenvalue weighted by atomic mass is 9.99. The van der Waals surface area contributed by atoms with E-state index in [0.717, 1.165) is 24.0 Å². The number of benzene rings is 2. The van der Waals surface area contributed by atoms with Crippen molar-refractivity contribution >= 4 is 32.5 Å². The second-order valence-electron chi connectivity index (χ2n) is 13.2. The van der Waals surface area contributed by atoms with E-state index >= 15 is 0 Å². The Morgan fingerprint density at radius 3 is 1.72 bits per heavy atom. The molecule has 1 saturated heterocycles. The Morgan fingerprint density at radius 1 is 0.769 bits per heavy atom. The van der Waals surface area contributed by atoms with Gasteiger partial charge < -0.3 is 10.2 Å². The van der Waals surface area contributed by atoms with E-state index in [1.807, 2.05) is 0 Å². The quantitative estimate of drug-likeness (QED) is 0.338. The summed E-state index contributed by atoms with van der Waals surface area (Å²) in [6.07, 6.45) is 16.6. The van der Waals surface area contributed by atoms with Gasteiger partial charge in [0, 0.05) is 18.1 Å². The van der Waals surface area contributed by atoms with Crippen molar-refractivity contribution in [2.45, 2.75) is 120 Å². The number of carbonyl (C=O) groups is 1. The molecule has 212 valence electrons. The zero-order valence-corrected chi connectivity index (χ0v) is 26.3. The first-order valence-corrected chi connectivity index (χ1v) is 18.7. The first kappa shape index (κ1) is 29.1. The van der Waals surface area contributed by atoms with E-state index in [9.17, 15) is 4.79 Å². The third-order valence-corrected chi connectivity index (χ3v) is 15.6. The molecule has 2 aliphatic carbocycles. The van der Waals surface area contributed by atoms with Gasteiger partial charge in [0.25, 0.3) is 0 Å². The Labute approximate surface area is 240 Å². The van der Waals surface area contributed by atoms with Crippen LogP contribution in [0.1, 0.15) is 91.4 Å². The highest BCUT2D eigenvalue weighted by Gasteiger charge is 2.45. The summed E-state index contributed by atoms with van der Waals surface area (Å²) in [7, 11) is -0.585. The number of nitrogens with one attached hydrogen (secondary N) is 1. The van der Waals surface area contributed by atoms with Crippen molar-refractivity contribution in [3.63, 3.8) is 0 Å². The maximum atomic E-state index is 13.9. The van der Waals surface area contributed by atoms with Crippen LogP contribution in [-0.4, -0.2) is 52.2 Å². The van der Waals surface area contributed by atoms with E-state index in [2.05, 4.69) is 91.7 Å². The van der Waals surface area contributed by atoms with Gasteiger partial charge in [-0.05, 0) is 94.5 Å². The Hall–Kier alpha value is -1.43. The van der Waals surface area contributed by atoms with Crippen molar-refractivity contribution in [2.75, 3.05) is 12.7 Å². The maximum Gasteiger partial charge on any atom is 0.318 e. The van der Waals surface area contributed by atoms with Gasteiger partial charge in [-0.2, -0.15) is 0 Å². The van der Waals surface area contributed by atoms with Crippen LogP contribution in [0.15, 0.2) is 60.7 Å². The minimum atomic E-state index is -0.528. The lowest BCUT2D eigenvalue weighted by Gasteiger charge is -2.42. The summed E-state index contributed by atoms with van der Waals surface area (Å²) < 4.78 is 0. The van der Waals surface area contributed by atoms with Gasteiger partial charge in [-0.3, -0.25) is 0 Å².